The van der Waals surface area contributed by atoms with Crippen LogP contribution in [-0.2, 0) is 4.79 Å². The van der Waals surface area contributed by atoms with E-state index in [1.807, 2.05) is 21.7 Å². The topological polar surface area (TPSA) is 76.8 Å². The molecule has 0 radical (unpaired) electrons. The fourth-order valence-corrected chi connectivity index (χ4v) is 3.87. The normalized spacial score (nSPS) is 20.9. The van der Waals surface area contributed by atoms with Gasteiger partial charge in [0.15, 0.2) is 0 Å². The van der Waals surface area contributed by atoms with Crippen molar-refractivity contribution in [2.75, 3.05) is 12.3 Å². The molecule has 1 unspecified atom stereocenters. The molecule has 1 amide bonds. The van der Waals surface area contributed by atoms with Crippen molar-refractivity contribution in [1.82, 2.24) is 30.1 Å². The number of hydrogen-bond donors (Lipinski definition) is 0. The Morgan fingerprint density at radius 3 is 2.87 bits per heavy atom. The van der Waals surface area contributed by atoms with Crippen LogP contribution in [-0.4, -0.2) is 48.3 Å². The van der Waals surface area contributed by atoms with Gasteiger partial charge in [0, 0.05) is 18.9 Å². The average Bonchev–Trinajstić information content (AvgIpc) is 3.13. The summed E-state index contributed by atoms with van der Waals surface area (Å²) in [6.45, 7) is 0.819. The van der Waals surface area contributed by atoms with Gasteiger partial charge in [0.05, 0.1) is 17.8 Å². The number of thioether (sulfide) groups is 1. The summed E-state index contributed by atoms with van der Waals surface area (Å²) >= 11 is 1.44. The van der Waals surface area contributed by atoms with Gasteiger partial charge >= 0.3 is 0 Å². The van der Waals surface area contributed by atoms with Gasteiger partial charge in [-0.2, -0.15) is 0 Å². The van der Waals surface area contributed by atoms with Crippen molar-refractivity contribution >= 4 is 17.7 Å². The number of nitrogens with zero attached hydrogens (tertiary/aromatic N) is 6. The summed E-state index contributed by atoms with van der Waals surface area (Å²) in [5.74, 6) is 0.536. The Morgan fingerprint density at radius 1 is 1.26 bits per heavy atom. The maximum atomic E-state index is 12.6. The van der Waals surface area contributed by atoms with Crippen LogP contribution in [0.2, 0.25) is 0 Å². The minimum Gasteiger partial charge on any atom is -0.335 e. The van der Waals surface area contributed by atoms with Gasteiger partial charge in [-0.05, 0) is 53.8 Å². The third-order valence-corrected chi connectivity index (χ3v) is 5.26. The fraction of sp³-hybridized carbons (Fsp3) is 0.533. The number of amides is 1. The number of carbonyl (C=O) groups excluding carboxylic acids is 1. The second kappa shape index (κ2) is 6.27. The van der Waals surface area contributed by atoms with Crippen molar-refractivity contribution in [2.24, 2.45) is 0 Å². The highest BCUT2D eigenvalue weighted by atomic mass is 32.2. The predicted molar refractivity (Wildman–Crippen MR) is 84.7 cm³/mol. The Morgan fingerprint density at radius 2 is 2.09 bits per heavy atom. The monoisotopic (exact) mass is 330 g/mol. The van der Waals surface area contributed by atoms with Crippen molar-refractivity contribution < 1.29 is 4.79 Å². The molecule has 0 N–H and O–H groups in total. The number of hydrogen-bond acceptors (Lipinski definition) is 6. The van der Waals surface area contributed by atoms with Crippen LogP contribution in [0.15, 0.2) is 29.7 Å². The Hall–Kier alpha value is -1.96. The minimum absolute atomic E-state index is 0.152. The molecule has 2 aromatic rings. The summed E-state index contributed by atoms with van der Waals surface area (Å²) in [6, 6.07) is 4.60. The van der Waals surface area contributed by atoms with Crippen LogP contribution >= 0.6 is 11.8 Å². The first-order chi connectivity index (χ1) is 11.3. The predicted octanol–water partition coefficient (Wildman–Crippen LogP) is 1.86. The van der Waals surface area contributed by atoms with Crippen LogP contribution < -0.4 is 0 Å². The molecule has 1 saturated carbocycles. The zero-order chi connectivity index (χ0) is 15.6. The van der Waals surface area contributed by atoms with Gasteiger partial charge in [-0.1, -0.05) is 11.8 Å². The second-order valence-corrected chi connectivity index (χ2v) is 6.89. The molecule has 4 rings (SSSR count). The molecular formula is C15H18N6OS. The lowest BCUT2D eigenvalue weighted by molar-refractivity contribution is -0.129. The largest absolute Gasteiger partial charge is 0.335 e. The number of carbonyl (C=O) groups is 1. The first kappa shape index (κ1) is 14.6. The van der Waals surface area contributed by atoms with E-state index in [4.69, 9.17) is 0 Å². The van der Waals surface area contributed by atoms with E-state index >= 15 is 0 Å². The number of likely N-dealkylation sites (tertiary alicyclic amines) is 1. The summed E-state index contributed by atoms with van der Waals surface area (Å²) in [6.07, 6.45) is 7.89. The molecule has 7 nitrogen and oxygen atoms in total. The van der Waals surface area contributed by atoms with Crippen LogP contribution in [0, 0.1) is 0 Å². The SMILES string of the molecule is O=C(CSc1nnnn1C1CC1)N1CCCC1c1ccncc1. The molecule has 2 aromatic heterocycles. The lowest BCUT2D eigenvalue weighted by atomic mass is 10.1. The van der Waals surface area contributed by atoms with E-state index in [9.17, 15) is 4.79 Å². The highest BCUT2D eigenvalue weighted by Crippen LogP contribution is 2.37. The lowest BCUT2D eigenvalue weighted by Crippen LogP contribution is -2.32. The zero-order valence-corrected chi connectivity index (χ0v) is 13.5. The molecular weight excluding hydrogens is 312 g/mol. The van der Waals surface area contributed by atoms with Crippen LogP contribution in [0.1, 0.15) is 43.3 Å². The summed E-state index contributed by atoms with van der Waals surface area (Å²) in [5.41, 5.74) is 1.17. The van der Waals surface area contributed by atoms with Gasteiger partial charge < -0.3 is 4.90 Å². The van der Waals surface area contributed by atoms with E-state index in [-0.39, 0.29) is 11.9 Å². The Bertz CT molecular complexity index is 686. The molecule has 0 aromatic carbocycles. The Labute approximate surface area is 138 Å². The van der Waals surface area contributed by atoms with Crippen LogP contribution in [0.5, 0.6) is 0 Å². The Balaban J connectivity index is 1.41. The third-order valence-electron chi connectivity index (χ3n) is 4.34. The second-order valence-electron chi connectivity index (χ2n) is 5.95. The highest BCUT2D eigenvalue weighted by molar-refractivity contribution is 7.99. The molecule has 0 bridgehead atoms. The highest BCUT2D eigenvalue weighted by Gasteiger charge is 2.31. The van der Waals surface area contributed by atoms with Gasteiger partial charge in [-0.15, -0.1) is 5.10 Å². The molecule has 8 heteroatoms. The van der Waals surface area contributed by atoms with Crippen LogP contribution in [0.25, 0.3) is 0 Å². The molecule has 1 aliphatic heterocycles. The van der Waals surface area contributed by atoms with E-state index in [1.165, 1.54) is 17.3 Å². The maximum Gasteiger partial charge on any atom is 0.233 e. The van der Waals surface area contributed by atoms with Gasteiger partial charge in [0.25, 0.3) is 0 Å². The van der Waals surface area contributed by atoms with Crippen molar-refractivity contribution in [1.29, 1.82) is 0 Å². The van der Waals surface area contributed by atoms with Crippen molar-refractivity contribution in [3.05, 3.63) is 30.1 Å². The molecule has 1 aliphatic carbocycles. The fourth-order valence-electron chi connectivity index (χ4n) is 3.04. The first-order valence-corrected chi connectivity index (χ1v) is 8.91. The van der Waals surface area contributed by atoms with Crippen molar-refractivity contribution in [3.63, 3.8) is 0 Å². The molecule has 1 saturated heterocycles. The Kier molecular flexibility index (Phi) is 3.99. The van der Waals surface area contributed by atoms with Crippen LogP contribution in [0.4, 0.5) is 0 Å². The number of pyridine rings is 1. The summed E-state index contributed by atoms with van der Waals surface area (Å²) in [4.78, 5) is 18.7. The van der Waals surface area contributed by atoms with Gasteiger partial charge in [0.1, 0.15) is 0 Å². The summed E-state index contributed by atoms with van der Waals surface area (Å²) < 4.78 is 1.85. The van der Waals surface area contributed by atoms with Gasteiger partial charge in [-0.25, -0.2) is 4.68 Å². The average molecular weight is 330 g/mol. The minimum atomic E-state index is 0.152. The van der Waals surface area contributed by atoms with Gasteiger partial charge in [0.2, 0.25) is 11.1 Å². The third kappa shape index (κ3) is 3.08. The molecule has 23 heavy (non-hydrogen) atoms. The quantitative estimate of drug-likeness (QED) is 0.779. The van der Waals surface area contributed by atoms with Gasteiger partial charge in [-0.3, -0.25) is 9.78 Å². The lowest BCUT2D eigenvalue weighted by Gasteiger charge is -2.24. The van der Waals surface area contributed by atoms with Crippen molar-refractivity contribution in [2.45, 2.75) is 42.9 Å². The number of aromatic nitrogens is 5. The first-order valence-electron chi connectivity index (χ1n) is 7.93. The standard InChI is InChI=1S/C15H18N6OS/c22-14(10-23-15-17-18-19-21(15)12-3-4-12)20-9-1-2-13(20)11-5-7-16-8-6-11/h5-8,12-13H,1-4,9-10H2. The molecule has 1 atom stereocenters. The molecule has 2 aliphatic rings. The zero-order valence-electron chi connectivity index (χ0n) is 12.7. The molecule has 3 heterocycles. The van der Waals surface area contributed by atoms with E-state index in [2.05, 4.69) is 20.5 Å². The maximum absolute atomic E-state index is 12.6. The number of tetrazole rings is 1. The van der Waals surface area contributed by atoms with E-state index < -0.39 is 0 Å². The van der Waals surface area contributed by atoms with Crippen LogP contribution in [0.3, 0.4) is 0 Å². The van der Waals surface area contributed by atoms with Crippen molar-refractivity contribution in [3.8, 4) is 0 Å². The van der Waals surface area contributed by atoms with E-state index in [1.54, 1.807) is 12.4 Å². The summed E-state index contributed by atoms with van der Waals surface area (Å²) in [7, 11) is 0. The molecule has 120 valence electrons. The number of rotatable bonds is 5. The molecule has 0 spiro atoms. The van der Waals surface area contributed by atoms with E-state index in [0.29, 0.717) is 11.8 Å². The summed E-state index contributed by atoms with van der Waals surface area (Å²) in [5, 5.41) is 12.5. The molecule has 2 fully saturated rings. The smallest absolute Gasteiger partial charge is 0.233 e. The van der Waals surface area contributed by atoms with E-state index in [0.717, 1.165) is 37.4 Å².